The summed E-state index contributed by atoms with van der Waals surface area (Å²) in [6.07, 6.45) is 25.6. The Balaban J connectivity index is 0.000000214. The van der Waals surface area contributed by atoms with E-state index < -0.39 is 73.2 Å². The van der Waals surface area contributed by atoms with Crippen molar-refractivity contribution >= 4 is 39.1 Å². The summed E-state index contributed by atoms with van der Waals surface area (Å²) in [6.45, 7) is 116. The van der Waals surface area contributed by atoms with Gasteiger partial charge in [-0.1, -0.05) is 294 Å². The van der Waals surface area contributed by atoms with Crippen LogP contribution in [0.15, 0.2) is 121 Å². The minimum absolute atomic E-state index is 0.0360. The lowest BCUT2D eigenvalue weighted by Gasteiger charge is -2.62. The lowest BCUT2D eigenvalue weighted by molar-refractivity contribution is -0.173. The van der Waals surface area contributed by atoms with Gasteiger partial charge < -0.3 is 70.9 Å². The van der Waals surface area contributed by atoms with Crippen LogP contribution in [0.25, 0.3) is 0 Å². The number of hydrogen-bond donors (Lipinski definition) is 3. The minimum atomic E-state index is -2.17. The molecule has 8 fully saturated rings. The van der Waals surface area contributed by atoms with Gasteiger partial charge in [-0.3, -0.25) is 4.79 Å². The lowest BCUT2D eigenvalue weighted by Crippen LogP contribution is -2.61. The van der Waals surface area contributed by atoms with E-state index in [2.05, 4.69) is 295 Å². The number of carbonyl (C=O) groups excluding carboxylic acids is 1. The monoisotopic (exact) mass is 2080 g/mol. The number of allylic oxidation sites excluding steroid dienone is 6. The van der Waals surface area contributed by atoms with E-state index in [-0.39, 0.29) is 119 Å². The molecular formula is C124H218O16Si4. The van der Waals surface area contributed by atoms with Crippen LogP contribution in [0.5, 0.6) is 0 Å². The van der Waals surface area contributed by atoms with Crippen LogP contribution < -0.4 is 0 Å². The summed E-state index contributed by atoms with van der Waals surface area (Å²) in [4.78, 5) is 14.4. The van der Waals surface area contributed by atoms with Crippen molar-refractivity contribution in [1.29, 1.82) is 0 Å². The zero-order valence-electron chi connectivity index (χ0n) is 100. The number of carbonyl (C=O) groups is 1. The van der Waals surface area contributed by atoms with Crippen molar-refractivity contribution < 1.29 is 75.7 Å². The van der Waals surface area contributed by atoms with Crippen LogP contribution in [-0.2, 0) is 60.4 Å². The summed E-state index contributed by atoms with van der Waals surface area (Å²) in [7, 11) is -1.94. The van der Waals surface area contributed by atoms with Crippen LogP contribution in [0.4, 0.5) is 0 Å². The second kappa shape index (κ2) is 46.4. The molecule has 12 rings (SSSR count). The van der Waals surface area contributed by atoms with Gasteiger partial charge in [-0.2, -0.15) is 0 Å². The van der Waals surface area contributed by atoms with E-state index >= 15 is 0 Å². The predicted molar refractivity (Wildman–Crippen MR) is 608 cm³/mol. The van der Waals surface area contributed by atoms with Crippen molar-refractivity contribution in [3.05, 3.63) is 121 Å². The normalized spacial score (nSPS) is 38.3. The predicted octanol–water partition coefficient (Wildman–Crippen LogP) is 32.8. The first-order valence-corrected chi connectivity index (χ1v) is 65.9. The van der Waals surface area contributed by atoms with E-state index in [1.165, 1.54) is 34.0 Å². The molecule has 12 aliphatic carbocycles. The van der Waals surface area contributed by atoms with Crippen LogP contribution >= 0.6 is 0 Å². The molecule has 0 heterocycles. The van der Waals surface area contributed by atoms with Crippen molar-refractivity contribution in [1.82, 2.24) is 0 Å². The molecular weight excluding hydrogens is 1860 g/mol. The highest BCUT2D eigenvalue weighted by atomic mass is 28.4. The lowest BCUT2D eigenvalue weighted by atomic mass is 9.45. The van der Waals surface area contributed by atoms with Crippen molar-refractivity contribution in [2.24, 2.45) is 106 Å². The quantitative estimate of drug-likeness (QED) is 0.0305. The minimum Gasteiger partial charge on any atom is -0.546 e. The van der Waals surface area contributed by atoms with E-state index in [1.807, 2.05) is 24.3 Å². The van der Waals surface area contributed by atoms with Gasteiger partial charge in [0.15, 0.2) is 0 Å². The second-order valence-corrected chi connectivity index (χ2v) is 75.9. The summed E-state index contributed by atoms with van der Waals surface area (Å²) in [5.41, 5.74) is 8.57. The highest BCUT2D eigenvalue weighted by molar-refractivity contribution is 6.79. The molecule has 3 N–H and O–H groups in total. The Morgan fingerprint density at radius 3 is 1.08 bits per heavy atom. The van der Waals surface area contributed by atoms with Gasteiger partial charge in [-0.25, -0.2) is 0 Å². The fourth-order valence-electron chi connectivity index (χ4n) is 35.2. The number of rotatable bonds is 36. The maximum Gasteiger partial charge on any atom is 0.258 e. The fraction of sp³-hybridized carbons (Fsp3) is 0.831. The van der Waals surface area contributed by atoms with E-state index in [4.69, 9.17) is 68.8 Å². The van der Waals surface area contributed by atoms with Gasteiger partial charge >= 0.3 is 0 Å². The van der Waals surface area contributed by atoms with Gasteiger partial charge in [0, 0.05) is 120 Å². The Morgan fingerprint density at radius 1 is 0.368 bits per heavy atom. The van der Waals surface area contributed by atoms with Crippen LogP contribution in [0.3, 0.4) is 0 Å². The standard InChI is InChI=1S/C31H56O4Si.3C31H54O4Si/c4*1-13-29(10)18-26(32)30(11)23(8)14-16-31(24(9)28(29)34-19-33-12)17-15-25(27(30)31)35-36(20(2)3,21(4)5)22(6)7/h13,20-24,26,28,32H,1,14-19H2,2-12H3;13,20-24,28H,1,14-19H2,2-12H3;13,20-23,26,28,32H,1,9,14-19H2,2-8,10-12H3;13,15,20-23,26-28,32H,1,9,14,16-19H2,2-8,10-12H3. The average Bonchev–Trinajstić information content (AvgIpc) is 1.49. The van der Waals surface area contributed by atoms with E-state index in [9.17, 15) is 20.1 Å². The number of Topliss-reactive ketones (excluding diaryl/α,β-unsaturated/α-hetero) is 1. The summed E-state index contributed by atoms with van der Waals surface area (Å²) in [5.74, 6) is 6.96. The molecule has 26 unspecified atom stereocenters. The third-order valence-corrected chi connectivity index (χ3v) is 68.1. The van der Waals surface area contributed by atoms with Gasteiger partial charge in [0.25, 0.3) is 33.3 Å². The SMILES string of the molecule is C=CC1(C)CC(=O)C2(C)C3=C(O[Si](C(C)C)(C(C)C)C(C)C)CCC3(CCC2C)C(C)C1OCOC.C=CC1(C)CC(O)C2(C)C(C)CCC3(CC=C(O[Si](C(C)C)(C(C)C)C(C)C)C32)C(=C)C1OCOC.C=CC1(C)CC(O)C2(C)C3=C(O[Si](C(C)C)(C(C)C)C(C)C)CCC3(CCC2C)C(=C)C1OCOC.C=CC1(C)CC(O)C2(C)C3=C(O[Si](C(C)C)(C(C)C)C(C)C)CCC3(CCC2C)C(C)C1OCOC. The van der Waals surface area contributed by atoms with Crippen LogP contribution in [0.1, 0.15) is 385 Å². The zero-order chi connectivity index (χ0) is 109. The van der Waals surface area contributed by atoms with Crippen LogP contribution in [-0.4, -0.2) is 153 Å². The second-order valence-electron chi connectivity index (χ2n) is 54.4. The molecule has 26 atom stereocenters. The average molecular weight is 2080 g/mol. The van der Waals surface area contributed by atoms with Crippen LogP contribution in [0.2, 0.25) is 66.5 Å². The fourth-order valence-corrected chi connectivity index (χ4v) is 56.5. The number of aliphatic hydroxyl groups is 3. The molecule has 0 aromatic rings. The van der Waals surface area contributed by atoms with Gasteiger partial charge in [-0.05, 0) is 239 Å². The molecule has 0 aromatic heterocycles. The van der Waals surface area contributed by atoms with Crippen molar-refractivity contribution in [3.8, 4) is 0 Å². The molecule has 826 valence electrons. The first kappa shape index (κ1) is 124. The maximum atomic E-state index is 14.4. The van der Waals surface area contributed by atoms with Gasteiger partial charge in [-0.15, -0.1) is 26.3 Å². The third-order valence-electron chi connectivity index (χ3n) is 44.1. The van der Waals surface area contributed by atoms with Crippen LogP contribution in [0, 0.1) is 106 Å². The van der Waals surface area contributed by atoms with Gasteiger partial charge in [0.05, 0.1) is 71.2 Å². The summed E-state index contributed by atoms with van der Waals surface area (Å²) in [5, 5.41) is 36.3. The van der Waals surface area contributed by atoms with Gasteiger partial charge in [0.2, 0.25) is 0 Å². The molecule has 144 heavy (non-hydrogen) atoms. The molecule has 8 saturated carbocycles. The Bertz CT molecular complexity index is 4440. The Hall–Kier alpha value is -3.30. The molecule has 0 amide bonds. The highest BCUT2D eigenvalue weighted by Gasteiger charge is 2.72. The number of methoxy groups -OCH3 is 4. The van der Waals surface area contributed by atoms with Gasteiger partial charge in [0.1, 0.15) is 33.0 Å². The number of ether oxygens (including phenoxy) is 8. The molecule has 0 aliphatic heterocycles. The maximum absolute atomic E-state index is 14.4. The Kier molecular flexibility index (Phi) is 40.0. The summed E-state index contributed by atoms with van der Waals surface area (Å²) in [6, 6.07) is 0. The molecule has 12 aliphatic rings. The largest absolute Gasteiger partial charge is 0.546 e. The molecule has 8 bridgehead atoms. The summed E-state index contributed by atoms with van der Waals surface area (Å²) >= 11 is 0. The zero-order valence-corrected chi connectivity index (χ0v) is 104. The van der Waals surface area contributed by atoms with Crippen molar-refractivity contribution in [3.63, 3.8) is 0 Å². The first-order valence-electron chi connectivity index (χ1n) is 57.4. The first-order chi connectivity index (χ1) is 66.7. The van der Waals surface area contributed by atoms with E-state index in [1.54, 1.807) is 28.4 Å². The molecule has 0 saturated heterocycles. The summed E-state index contributed by atoms with van der Waals surface area (Å²) < 4.78 is 77.0. The number of ketones is 1. The highest BCUT2D eigenvalue weighted by Crippen LogP contribution is 2.76. The smallest absolute Gasteiger partial charge is 0.258 e. The van der Waals surface area contributed by atoms with Crippen molar-refractivity contribution in [2.75, 3.05) is 55.6 Å². The molecule has 0 radical (unpaired) electrons. The van der Waals surface area contributed by atoms with E-state index in [0.717, 1.165) is 113 Å². The molecule has 20 heteroatoms. The molecule has 16 nitrogen and oxygen atoms in total. The Labute approximate surface area is 886 Å². The topological polar surface area (TPSA) is 189 Å². The number of aliphatic hydroxyl groups excluding tert-OH is 3. The third kappa shape index (κ3) is 20.2. The number of hydrogen-bond acceptors (Lipinski definition) is 16. The Morgan fingerprint density at radius 2 is 0.681 bits per heavy atom. The molecule has 0 aromatic carbocycles. The molecule has 0 spiro atoms. The van der Waals surface area contributed by atoms with Crippen molar-refractivity contribution in [2.45, 2.75) is 494 Å². The van der Waals surface area contributed by atoms with E-state index in [0.29, 0.717) is 116 Å².